The topological polar surface area (TPSA) is 266 Å². The summed E-state index contributed by atoms with van der Waals surface area (Å²) in [4.78, 5) is 26.1. The van der Waals surface area contributed by atoms with Crippen molar-refractivity contribution in [1.82, 2.24) is 9.13 Å². The Bertz CT molecular complexity index is 2170. The van der Waals surface area contributed by atoms with Gasteiger partial charge in [0.05, 0.1) is 11.4 Å². The van der Waals surface area contributed by atoms with Crippen molar-refractivity contribution in [3.8, 4) is 11.8 Å². The van der Waals surface area contributed by atoms with Crippen LogP contribution in [-0.2, 0) is 56.0 Å². The van der Waals surface area contributed by atoms with Gasteiger partial charge in [0.15, 0.2) is 9.79 Å². The molecule has 4 aromatic rings. The first kappa shape index (κ1) is 38.1. The maximum Gasteiger partial charge on any atom is 0.269 e. The Balaban J connectivity index is 1.56. The number of aromatic nitrogens is 2. The lowest BCUT2D eigenvalue weighted by Gasteiger charge is -2.14. The highest BCUT2D eigenvalue weighted by molar-refractivity contribution is 7.91. The summed E-state index contributed by atoms with van der Waals surface area (Å²) in [6.07, 6.45) is 0. The SMILES string of the molecule is CCn1c(O)c(/N=N/c2ccc([S+]([O-])c3ccc(/N=N/c4c(C)c(CS(=O)(=O)O)c(=O)n(CC)c4O)cc3)cc2)c(C)c(CS(=O)(=O)O)c1=O. The maximum absolute atomic E-state index is 13.2. The van der Waals surface area contributed by atoms with Gasteiger partial charge in [-0.2, -0.15) is 27.1 Å². The molecule has 0 radical (unpaired) electrons. The molecule has 0 aliphatic heterocycles. The normalized spacial score (nSPS) is 12.5. The van der Waals surface area contributed by atoms with E-state index in [4.69, 9.17) is 0 Å². The minimum absolute atomic E-state index is 0.00459. The molecule has 0 unspecified atom stereocenters. The second-order valence-corrected chi connectivity index (χ2v) is 15.1. The summed E-state index contributed by atoms with van der Waals surface area (Å²) in [5.41, 5.74) is -1.82. The van der Waals surface area contributed by atoms with E-state index >= 15 is 0 Å². The summed E-state index contributed by atoms with van der Waals surface area (Å²) in [5, 5.41) is 37.4. The number of hydrogen-bond donors (Lipinski definition) is 4. The van der Waals surface area contributed by atoms with Crippen LogP contribution in [0.3, 0.4) is 0 Å². The summed E-state index contributed by atoms with van der Waals surface area (Å²) in [6, 6.07) is 12.1. The Morgan fingerprint density at radius 1 is 0.640 bits per heavy atom. The van der Waals surface area contributed by atoms with Gasteiger partial charge < -0.3 is 14.8 Å². The highest BCUT2D eigenvalue weighted by atomic mass is 32.2. The van der Waals surface area contributed by atoms with Crippen LogP contribution in [0.2, 0.25) is 0 Å². The third-order valence-electron chi connectivity index (χ3n) is 7.48. The van der Waals surface area contributed by atoms with Gasteiger partial charge in [0.1, 0.15) is 22.9 Å². The fourth-order valence-electron chi connectivity index (χ4n) is 4.87. The van der Waals surface area contributed by atoms with Crippen LogP contribution >= 0.6 is 0 Å². The Morgan fingerprint density at radius 2 is 0.960 bits per heavy atom. The van der Waals surface area contributed by atoms with Crippen molar-refractivity contribution in [3.63, 3.8) is 0 Å². The summed E-state index contributed by atoms with van der Waals surface area (Å²) in [6.45, 7) is 5.85. The van der Waals surface area contributed by atoms with Gasteiger partial charge in [-0.15, -0.1) is 10.2 Å². The van der Waals surface area contributed by atoms with E-state index in [1.807, 2.05) is 0 Å². The third kappa shape index (κ3) is 8.52. The van der Waals surface area contributed by atoms with Crippen molar-refractivity contribution in [3.05, 3.63) is 91.5 Å². The number of aromatic hydroxyl groups is 2. The molecule has 266 valence electrons. The molecule has 2 aromatic heterocycles. The highest BCUT2D eigenvalue weighted by Crippen LogP contribution is 2.35. The number of pyridine rings is 2. The molecule has 17 nitrogen and oxygen atoms in total. The third-order valence-corrected chi connectivity index (χ3v) is 10.2. The first-order valence-corrected chi connectivity index (χ1v) is 19.0. The second-order valence-electron chi connectivity index (χ2n) is 10.8. The molecule has 0 spiro atoms. The smallest absolute Gasteiger partial charge is 0.269 e. The van der Waals surface area contributed by atoms with E-state index in [-0.39, 0.29) is 58.1 Å². The van der Waals surface area contributed by atoms with Gasteiger partial charge in [0.2, 0.25) is 11.8 Å². The molecule has 0 saturated carbocycles. The molecule has 2 heterocycles. The van der Waals surface area contributed by atoms with Gasteiger partial charge >= 0.3 is 0 Å². The highest BCUT2D eigenvalue weighted by Gasteiger charge is 2.24. The Labute approximate surface area is 289 Å². The minimum atomic E-state index is -4.56. The average molecular weight is 749 g/mol. The van der Waals surface area contributed by atoms with Crippen molar-refractivity contribution in [1.29, 1.82) is 0 Å². The average Bonchev–Trinajstić information content (AvgIpc) is 3.05. The molecule has 0 bridgehead atoms. The van der Waals surface area contributed by atoms with Gasteiger partial charge in [-0.25, -0.2) is 0 Å². The number of rotatable bonds is 12. The fraction of sp³-hybridized carbons (Fsp3) is 0.267. The molecule has 0 amide bonds. The molecule has 20 heteroatoms. The van der Waals surface area contributed by atoms with Crippen molar-refractivity contribution in [2.24, 2.45) is 20.5 Å². The lowest BCUT2D eigenvalue weighted by Crippen LogP contribution is -2.26. The van der Waals surface area contributed by atoms with Gasteiger partial charge in [0.25, 0.3) is 31.4 Å². The van der Waals surface area contributed by atoms with Crippen molar-refractivity contribution in [2.75, 3.05) is 0 Å². The Kier molecular flexibility index (Phi) is 11.4. The van der Waals surface area contributed by atoms with Crippen LogP contribution in [0.1, 0.15) is 36.1 Å². The van der Waals surface area contributed by atoms with Crippen LogP contribution in [-0.4, -0.2) is 49.8 Å². The van der Waals surface area contributed by atoms with Crippen LogP contribution in [0.4, 0.5) is 22.7 Å². The molecule has 0 aliphatic rings. The monoisotopic (exact) mass is 748 g/mol. The van der Waals surface area contributed by atoms with Crippen LogP contribution in [0.25, 0.3) is 0 Å². The van der Waals surface area contributed by atoms with Crippen molar-refractivity contribution < 1.29 is 40.7 Å². The van der Waals surface area contributed by atoms with Gasteiger partial charge in [-0.05, 0) is 87.4 Å². The van der Waals surface area contributed by atoms with E-state index in [0.717, 1.165) is 9.13 Å². The molecular weight excluding hydrogens is 717 g/mol. The predicted octanol–water partition coefficient (Wildman–Crippen LogP) is 4.85. The van der Waals surface area contributed by atoms with Crippen molar-refractivity contribution in [2.45, 2.75) is 62.1 Å². The molecule has 0 aliphatic carbocycles. The number of nitrogens with zero attached hydrogens (tertiary/aromatic N) is 6. The second kappa shape index (κ2) is 15.0. The molecule has 0 fully saturated rings. The van der Waals surface area contributed by atoms with Gasteiger partial charge in [0, 0.05) is 35.4 Å². The zero-order chi connectivity index (χ0) is 37.1. The molecule has 50 heavy (non-hydrogen) atoms. The molecule has 2 aromatic carbocycles. The standard InChI is InChI=1S/C30H32N6O11S3/c1-5-35-27(37)23(15-49(42,43)44)17(3)25(29(35)39)33-31-19-7-11-21(12-8-19)48(41)22-13-9-20(10-14-22)32-34-26-18(4)24(16-50(45,46)47)28(38)36(6-2)30(26)40/h7-14,39-40H,5-6,15-16H2,1-4H3,(H,42,43,44)(H,45,46,47)/b33-31+,34-32+. The van der Waals surface area contributed by atoms with Gasteiger partial charge in [-0.3, -0.25) is 27.8 Å². The Morgan fingerprint density at radius 3 is 1.24 bits per heavy atom. The number of benzene rings is 2. The zero-order valence-electron chi connectivity index (χ0n) is 27.0. The van der Waals surface area contributed by atoms with E-state index in [1.165, 1.54) is 62.4 Å². The summed E-state index contributed by atoms with van der Waals surface area (Å²) in [7, 11) is -9.12. The van der Waals surface area contributed by atoms with E-state index in [2.05, 4.69) is 20.5 Å². The lowest BCUT2D eigenvalue weighted by atomic mass is 10.1. The van der Waals surface area contributed by atoms with Gasteiger partial charge in [-0.1, -0.05) is 0 Å². The van der Waals surface area contributed by atoms with E-state index < -0.39 is 65.8 Å². The van der Waals surface area contributed by atoms with Crippen molar-refractivity contribution >= 4 is 54.2 Å². The zero-order valence-corrected chi connectivity index (χ0v) is 29.5. The van der Waals surface area contributed by atoms with Crippen LogP contribution in [0.15, 0.2) is 88.4 Å². The van der Waals surface area contributed by atoms with E-state index in [1.54, 1.807) is 13.8 Å². The predicted molar refractivity (Wildman–Crippen MR) is 182 cm³/mol. The first-order valence-electron chi connectivity index (χ1n) is 14.6. The quantitative estimate of drug-likeness (QED) is 0.0864. The van der Waals surface area contributed by atoms with Crippen LogP contribution in [0.5, 0.6) is 11.8 Å². The molecular formula is C30H32N6O11S3. The molecule has 0 saturated heterocycles. The Hall–Kier alpha value is -4.73. The minimum Gasteiger partial charge on any atom is -0.606 e. The lowest BCUT2D eigenvalue weighted by molar-refractivity contribution is 0.410. The van der Waals surface area contributed by atoms with Crippen LogP contribution < -0.4 is 11.1 Å². The largest absolute Gasteiger partial charge is 0.606 e. The maximum atomic E-state index is 13.2. The summed E-state index contributed by atoms with van der Waals surface area (Å²) < 4.78 is 79.6. The molecule has 4 N–H and O–H groups in total. The van der Waals surface area contributed by atoms with Crippen LogP contribution in [0, 0.1) is 13.8 Å². The number of azo groups is 2. The summed E-state index contributed by atoms with van der Waals surface area (Å²) in [5.74, 6) is -3.00. The number of hydrogen-bond acceptors (Lipinski definition) is 13. The van der Waals surface area contributed by atoms with E-state index in [0.29, 0.717) is 9.79 Å². The molecule has 0 atom stereocenters. The fourth-order valence-corrected chi connectivity index (χ4v) is 7.32. The summed E-state index contributed by atoms with van der Waals surface area (Å²) >= 11 is -1.66. The van der Waals surface area contributed by atoms with E-state index in [9.17, 15) is 50.3 Å². The molecule has 4 rings (SSSR count). The first-order chi connectivity index (χ1) is 23.4.